The summed E-state index contributed by atoms with van der Waals surface area (Å²) < 4.78 is 39.0. The van der Waals surface area contributed by atoms with Gasteiger partial charge in [0.05, 0.1) is 10.9 Å². The van der Waals surface area contributed by atoms with Crippen molar-refractivity contribution in [1.82, 2.24) is 9.21 Å². The summed E-state index contributed by atoms with van der Waals surface area (Å²) in [5, 5.41) is 0. The van der Waals surface area contributed by atoms with Crippen LogP contribution in [0.15, 0.2) is 47.4 Å². The van der Waals surface area contributed by atoms with Gasteiger partial charge in [-0.3, -0.25) is 4.79 Å². The molecular weight excluding hydrogens is 440 g/mol. The van der Waals surface area contributed by atoms with Crippen molar-refractivity contribution in [2.75, 3.05) is 32.8 Å². The normalized spacial score (nSPS) is 23.5. The molecule has 2 aromatic carbocycles. The maximum Gasteiger partial charge on any atom is 0.254 e. The van der Waals surface area contributed by atoms with Gasteiger partial charge in [0.25, 0.3) is 5.91 Å². The monoisotopic (exact) mass is 470 g/mol. The second-order valence-corrected chi connectivity index (χ2v) is 11.1. The highest BCUT2D eigenvalue weighted by Gasteiger charge is 2.32. The Kier molecular flexibility index (Phi) is 6.05. The topological polar surface area (TPSA) is 76.2 Å². The van der Waals surface area contributed by atoms with Crippen LogP contribution in [0, 0.1) is 5.92 Å². The molecule has 0 bridgehead atoms. The summed E-state index contributed by atoms with van der Waals surface area (Å²) in [6.07, 6.45) is 3.74. The Balaban J connectivity index is 1.34. The Bertz CT molecular complexity index is 1130. The zero-order valence-electron chi connectivity index (χ0n) is 18.9. The van der Waals surface area contributed by atoms with Gasteiger partial charge in [0.15, 0.2) is 11.5 Å². The van der Waals surface area contributed by atoms with Crippen molar-refractivity contribution in [1.29, 1.82) is 0 Å². The number of nitrogens with zero attached hydrogens (tertiary/aromatic N) is 2. The Morgan fingerprint density at radius 3 is 2.42 bits per heavy atom. The van der Waals surface area contributed by atoms with E-state index < -0.39 is 10.0 Å². The van der Waals surface area contributed by atoms with Crippen molar-refractivity contribution in [2.45, 2.75) is 43.5 Å². The van der Waals surface area contributed by atoms with Crippen LogP contribution in [-0.2, 0) is 10.0 Å². The number of piperidine rings is 1. The van der Waals surface area contributed by atoms with Gasteiger partial charge in [0.1, 0.15) is 13.2 Å². The minimum absolute atomic E-state index is 0.0356. The molecule has 0 aliphatic carbocycles. The Morgan fingerprint density at radius 1 is 0.939 bits per heavy atom. The largest absolute Gasteiger partial charge is 0.486 e. The lowest BCUT2D eigenvalue weighted by Crippen LogP contribution is -2.39. The van der Waals surface area contributed by atoms with Crippen molar-refractivity contribution < 1.29 is 22.7 Å². The van der Waals surface area contributed by atoms with Gasteiger partial charge in [-0.25, -0.2) is 8.42 Å². The Morgan fingerprint density at radius 2 is 1.67 bits per heavy atom. The first kappa shape index (κ1) is 22.2. The second kappa shape index (κ2) is 8.99. The first-order valence-electron chi connectivity index (χ1n) is 11.7. The number of sulfonamides is 1. The first-order valence-corrected chi connectivity index (χ1v) is 13.2. The molecule has 3 aliphatic rings. The average molecular weight is 471 g/mol. The van der Waals surface area contributed by atoms with E-state index in [9.17, 15) is 13.2 Å². The van der Waals surface area contributed by atoms with Crippen molar-refractivity contribution in [3.63, 3.8) is 0 Å². The smallest absolute Gasteiger partial charge is 0.254 e. The molecule has 0 spiro atoms. The van der Waals surface area contributed by atoms with Crippen LogP contribution in [0.2, 0.25) is 0 Å². The van der Waals surface area contributed by atoms with Gasteiger partial charge < -0.3 is 14.4 Å². The highest BCUT2D eigenvalue weighted by molar-refractivity contribution is 7.89. The van der Waals surface area contributed by atoms with E-state index in [2.05, 4.69) is 6.92 Å². The molecule has 2 aromatic rings. The maximum atomic E-state index is 13.3. The van der Waals surface area contributed by atoms with Crippen LogP contribution in [0.25, 0.3) is 0 Å². The number of rotatable bonds is 4. The number of carbonyl (C=O) groups excluding carboxylic acids is 1. The lowest BCUT2D eigenvalue weighted by Gasteiger charge is -2.30. The number of amides is 1. The van der Waals surface area contributed by atoms with Gasteiger partial charge in [-0.1, -0.05) is 13.0 Å². The van der Waals surface area contributed by atoms with E-state index in [-0.39, 0.29) is 16.8 Å². The summed E-state index contributed by atoms with van der Waals surface area (Å²) in [7, 11) is -3.54. The summed E-state index contributed by atoms with van der Waals surface area (Å²) >= 11 is 0. The molecule has 7 nitrogen and oxygen atoms in total. The van der Waals surface area contributed by atoms with Gasteiger partial charge in [0, 0.05) is 25.2 Å². The van der Waals surface area contributed by atoms with Crippen LogP contribution in [0.5, 0.6) is 11.5 Å². The molecule has 8 heteroatoms. The van der Waals surface area contributed by atoms with Crippen LogP contribution in [0.4, 0.5) is 0 Å². The molecule has 1 amide bonds. The molecular formula is C25H30N2O5S. The fraction of sp³-hybridized carbons (Fsp3) is 0.480. The standard InChI is InChI=1S/C25H30N2O5S/c1-18-4-2-12-26(17-18)33(29,30)21-9-6-19(7-10-21)25(28)27-13-3-5-22(27)20-8-11-23-24(16-20)32-15-14-31-23/h6-11,16,18,22H,2-5,12-15,17H2,1H3/t18-,22-/m1/s1. The summed E-state index contributed by atoms with van der Waals surface area (Å²) in [4.78, 5) is 15.5. The number of ether oxygens (including phenoxy) is 2. The minimum Gasteiger partial charge on any atom is -0.486 e. The molecule has 33 heavy (non-hydrogen) atoms. The van der Waals surface area contributed by atoms with Crippen LogP contribution >= 0.6 is 0 Å². The quantitative estimate of drug-likeness (QED) is 0.678. The average Bonchev–Trinajstić information content (AvgIpc) is 3.33. The van der Waals surface area contributed by atoms with Crippen LogP contribution in [-0.4, -0.2) is 56.4 Å². The number of carbonyl (C=O) groups is 1. The van der Waals surface area contributed by atoms with Gasteiger partial charge in [0.2, 0.25) is 10.0 Å². The molecule has 3 aliphatic heterocycles. The van der Waals surface area contributed by atoms with E-state index in [1.54, 1.807) is 28.6 Å². The maximum absolute atomic E-state index is 13.3. The molecule has 2 saturated heterocycles. The first-order chi connectivity index (χ1) is 15.9. The zero-order chi connectivity index (χ0) is 23.0. The summed E-state index contributed by atoms with van der Waals surface area (Å²) in [6, 6.07) is 12.3. The zero-order valence-corrected chi connectivity index (χ0v) is 19.7. The highest BCUT2D eigenvalue weighted by atomic mass is 32.2. The number of hydrogen-bond acceptors (Lipinski definition) is 5. The molecule has 2 atom stereocenters. The molecule has 0 saturated carbocycles. The van der Waals surface area contributed by atoms with Crippen LogP contribution in [0.3, 0.4) is 0 Å². The summed E-state index contributed by atoms with van der Waals surface area (Å²) in [6.45, 7) is 4.92. The second-order valence-electron chi connectivity index (χ2n) is 9.19. The number of benzene rings is 2. The molecule has 0 radical (unpaired) electrons. The third-order valence-corrected chi connectivity index (χ3v) is 8.70. The van der Waals surface area contributed by atoms with Crippen molar-refractivity contribution in [2.24, 2.45) is 5.92 Å². The highest BCUT2D eigenvalue weighted by Crippen LogP contribution is 2.38. The molecule has 176 valence electrons. The van der Waals surface area contributed by atoms with E-state index in [1.165, 1.54) is 0 Å². The molecule has 5 rings (SSSR count). The van der Waals surface area contributed by atoms with Gasteiger partial charge in [-0.05, 0) is 73.6 Å². The minimum atomic E-state index is -3.54. The van der Waals surface area contributed by atoms with E-state index in [0.717, 1.165) is 42.7 Å². The van der Waals surface area contributed by atoms with Gasteiger partial charge in [-0.2, -0.15) is 4.31 Å². The van der Waals surface area contributed by atoms with Gasteiger partial charge >= 0.3 is 0 Å². The number of fused-ring (bicyclic) bond motifs is 1. The number of hydrogen-bond donors (Lipinski definition) is 0. The van der Waals surface area contributed by atoms with Crippen molar-refractivity contribution in [3.05, 3.63) is 53.6 Å². The SMILES string of the molecule is C[C@@H]1CCCN(S(=O)(=O)c2ccc(C(=O)N3CCC[C@@H]3c3ccc4c(c3)OCCO4)cc2)C1. The molecule has 2 fully saturated rings. The van der Waals surface area contributed by atoms with Crippen molar-refractivity contribution in [3.8, 4) is 11.5 Å². The molecule has 0 N–H and O–H groups in total. The third-order valence-electron chi connectivity index (χ3n) is 6.82. The van der Waals surface area contributed by atoms with E-state index in [0.29, 0.717) is 44.3 Å². The predicted octanol–water partition coefficient (Wildman–Crippen LogP) is 3.86. The lowest BCUT2D eigenvalue weighted by atomic mass is 10.0. The summed E-state index contributed by atoms with van der Waals surface area (Å²) in [5.41, 5.74) is 1.54. The predicted molar refractivity (Wildman–Crippen MR) is 124 cm³/mol. The molecule has 0 unspecified atom stereocenters. The Labute approximate surface area is 195 Å². The fourth-order valence-corrected chi connectivity index (χ4v) is 6.67. The number of likely N-dealkylation sites (tertiary alicyclic amines) is 1. The summed E-state index contributed by atoms with van der Waals surface area (Å²) in [5.74, 6) is 1.74. The van der Waals surface area contributed by atoms with E-state index in [4.69, 9.17) is 9.47 Å². The third kappa shape index (κ3) is 4.34. The van der Waals surface area contributed by atoms with Gasteiger partial charge in [-0.15, -0.1) is 0 Å². The van der Waals surface area contributed by atoms with Crippen LogP contribution < -0.4 is 9.47 Å². The van der Waals surface area contributed by atoms with Crippen molar-refractivity contribution >= 4 is 15.9 Å². The fourth-order valence-electron chi connectivity index (χ4n) is 5.07. The van der Waals surface area contributed by atoms with E-state index in [1.807, 2.05) is 23.1 Å². The lowest BCUT2D eigenvalue weighted by molar-refractivity contribution is 0.0735. The van der Waals surface area contributed by atoms with Crippen LogP contribution in [0.1, 0.15) is 54.6 Å². The van der Waals surface area contributed by atoms with E-state index >= 15 is 0 Å². The molecule has 0 aromatic heterocycles. The Hall–Kier alpha value is -2.58. The molecule has 3 heterocycles.